The molecule has 0 rings (SSSR count). The number of hydrogen-bond acceptors (Lipinski definition) is 7. The molecule has 80 valence electrons. The summed E-state index contributed by atoms with van der Waals surface area (Å²) in [7, 11) is 0. The molecule has 0 saturated heterocycles. The van der Waals surface area contributed by atoms with Gasteiger partial charge in [-0.3, -0.25) is 0 Å². The molecule has 0 unspecified atom stereocenters. The van der Waals surface area contributed by atoms with Crippen LogP contribution >= 0.6 is 0 Å². The maximum absolute atomic E-state index is 8.98. The minimum atomic E-state index is -3.06. The molecule has 7 heteroatoms. The topological polar surface area (TPSA) is 142 Å². The first kappa shape index (κ1) is 12.7. The van der Waals surface area contributed by atoms with Gasteiger partial charge in [-0.05, 0) is 0 Å². The van der Waals surface area contributed by atoms with Crippen LogP contribution in [0.3, 0.4) is 0 Å². The van der Waals surface area contributed by atoms with E-state index in [0.717, 1.165) is 0 Å². The van der Waals surface area contributed by atoms with Crippen LogP contribution in [-0.2, 0) is 0 Å². The van der Waals surface area contributed by atoms with Crippen LogP contribution < -0.4 is 0 Å². The van der Waals surface area contributed by atoms with Crippen molar-refractivity contribution in [1.82, 2.24) is 0 Å². The van der Waals surface area contributed by atoms with E-state index in [4.69, 9.17) is 35.7 Å². The molecule has 0 aliphatic carbocycles. The minimum absolute atomic E-state index is 0.901. The Bertz CT molecular complexity index is 148. The zero-order valence-electron chi connectivity index (χ0n) is 6.78. The lowest BCUT2D eigenvalue weighted by molar-refractivity contribution is -0.297. The van der Waals surface area contributed by atoms with E-state index < -0.39 is 37.3 Å². The predicted octanol–water partition coefficient (Wildman–Crippen LogP) is -4.27. The highest BCUT2D eigenvalue weighted by Crippen LogP contribution is 2.15. The normalized spacial score (nSPS) is 19.6. The second-order valence-electron chi connectivity index (χ2n) is 2.68. The van der Waals surface area contributed by atoms with Gasteiger partial charge in [-0.1, -0.05) is 0 Å². The quantitative estimate of drug-likeness (QED) is 0.222. The summed E-state index contributed by atoms with van der Waals surface area (Å²) < 4.78 is 0. The highest BCUT2D eigenvalue weighted by molar-refractivity contribution is 4.86. The summed E-state index contributed by atoms with van der Waals surface area (Å²) in [5.41, 5.74) is 0. The maximum atomic E-state index is 8.98. The van der Waals surface area contributed by atoms with E-state index >= 15 is 0 Å². The van der Waals surface area contributed by atoms with Gasteiger partial charge in [0.25, 0.3) is 0 Å². The Morgan fingerprint density at radius 3 is 1.69 bits per heavy atom. The first-order valence-corrected chi connectivity index (χ1v) is 3.58. The molecule has 0 bridgehead atoms. The zero-order valence-corrected chi connectivity index (χ0v) is 6.78. The van der Waals surface area contributed by atoms with Gasteiger partial charge < -0.3 is 35.7 Å². The molecule has 0 aromatic carbocycles. The van der Waals surface area contributed by atoms with E-state index in [1.807, 2.05) is 0 Å². The van der Waals surface area contributed by atoms with Crippen LogP contribution in [0.15, 0.2) is 0 Å². The van der Waals surface area contributed by atoms with Gasteiger partial charge in [-0.15, -0.1) is 0 Å². The molecule has 0 aromatic rings. The lowest BCUT2D eigenvalue weighted by Crippen LogP contribution is -2.58. The van der Waals surface area contributed by atoms with Gasteiger partial charge in [-0.2, -0.15) is 0 Å². The molecule has 0 fully saturated rings. The average Bonchev–Trinajstić information content (AvgIpc) is 2.13. The Labute approximate surface area is 74.1 Å². The van der Waals surface area contributed by atoms with Crippen molar-refractivity contribution in [3.8, 4) is 0 Å². The molecule has 7 N–H and O–H groups in total. The summed E-state index contributed by atoms with van der Waals surface area (Å²) >= 11 is 0. The molecule has 0 amide bonds. The SMILES string of the molecule is OC[C@@H](O)[C@@H](O)C(O)(O)[C@H](O)CO. The Kier molecular flexibility index (Phi) is 4.71. The van der Waals surface area contributed by atoms with Crippen molar-refractivity contribution in [3.05, 3.63) is 0 Å². The average molecular weight is 198 g/mol. The number of aliphatic hydroxyl groups is 7. The van der Waals surface area contributed by atoms with Crippen LogP contribution in [0.4, 0.5) is 0 Å². The van der Waals surface area contributed by atoms with Gasteiger partial charge >= 0.3 is 0 Å². The molecule has 13 heavy (non-hydrogen) atoms. The molecule has 0 saturated carbocycles. The summed E-state index contributed by atoms with van der Waals surface area (Å²) in [6.45, 7) is -1.90. The molecule has 0 radical (unpaired) electrons. The summed E-state index contributed by atoms with van der Waals surface area (Å²) in [5.74, 6) is -3.06. The van der Waals surface area contributed by atoms with Crippen molar-refractivity contribution < 1.29 is 35.7 Å². The van der Waals surface area contributed by atoms with Crippen LogP contribution in [0, 0.1) is 0 Å². The van der Waals surface area contributed by atoms with Gasteiger partial charge in [0.2, 0.25) is 5.79 Å². The third-order valence-corrected chi connectivity index (χ3v) is 1.65. The van der Waals surface area contributed by atoms with Crippen molar-refractivity contribution in [1.29, 1.82) is 0 Å². The first-order chi connectivity index (χ1) is 5.87. The van der Waals surface area contributed by atoms with Crippen molar-refractivity contribution in [3.63, 3.8) is 0 Å². The minimum Gasteiger partial charge on any atom is -0.394 e. The summed E-state index contributed by atoms with van der Waals surface area (Å²) in [6.07, 6.45) is -6.00. The highest BCUT2D eigenvalue weighted by Gasteiger charge is 2.44. The van der Waals surface area contributed by atoms with Crippen LogP contribution in [0.2, 0.25) is 0 Å². The molecule has 0 aliphatic heterocycles. The van der Waals surface area contributed by atoms with Crippen LogP contribution in [0.25, 0.3) is 0 Å². The van der Waals surface area contributed by atoms with Gasteiger partial charge in [0, 0.05) is 0 Å². The zero-order chi connectivity index (χ0) is 10.6. The van der Waals surface area contributed by atoms with Crippen molar-refractivity contribution in [2.45, 2.75) is 24.1 Å². The Morgan fingerprint density at radius 1 is 0.923 bits per heavy atom. The van der Waals surface area contributed by atoms with Crippen LogP contribution in [-0.4, -0.2) is 73.1 Å². The Morgan fingerprint density at radius 2 is 1.38 bits per heavy atom. The molecule has 7 nitrogen and oxygen atoms in total. The van der Waals surface area contributed by atoms with E-state index in [1.165, 1.54) is 0 Å². The van der Waals surface area contributed by atoms with E-state index in [-0.39, 0.29) is 0 Å². The van der Waals surface area contributed by atoms with E-state index in [2.05, 4.69) is 0 Å². The van der Waals surface area contributed by atoms with Crippen molar-refractivity contribution in [2.75, 3.05) is 13.2 Å². The number of aliphatic hydroxyl groups excluding tert-OH is 5. The van der Waals surface area contributed by atoms with Gasteiger partial charge in [0.05, 0.1) is 13.2 Å². The molecule has 0 aliphatic rings. The molecule has 0 heterocycles. The van der Waals surface area contributed by atoms with Gasteiger partial charge in [0.15, 0.2) is 0 Å². The van der Waals surface area contributed by atoms with Gasteiger partial charge in [0.1, 0.15) is 18.3 Å². The van der Waals surface area contributed by atoms with Gasteiger partial charge in [-0.25, -0.2) is 0 Å². The summed E-state index contributed by atoms with van der Waals surface area (Å²) in [5, 5.41) is 61.2. The molecule has 0 spiro atoms. The number of rotatable bonds is 5. The maximum Gasteiger partial charge on any atom is 0.221 e. The van der Waals surface area contributed by atoms with E-state index in [1.54, 1.807) is 0 Å². The molecule has 0 aromatic heterocycles. The second kappa shape index (κ2) is 4.82. The van der Waals surface area contributed by atoms with Crippen molar-refractivity contribution >= 4 is 0 Å². The summed E-state index contributed by atoms with van der Waals surface area (Å²) in [6, 6.07) is 0. The smallest absolute Gasteiger partial charge is 0.221 e. The fraction of sp³-hybridized carbons (Fsp3) is 1.00. The lowest BCUT2D eigenvalue weighted by atomic mass is 10.00. The second-order valence-corrected chi connectivity index (χ2v) is 2.68. The van der Waals surface area contributed by atoms with E-state index in [9.17, 15) is 0 Å². The highest BCUT2D eigenvalue weighted by atomic mass is 16.5. The standard InChI is InChI=1S/C6H14O7/c7-1-3(9)5(11)6(12,13)4(10)2-8/h3-5,7-13H,1-2H2/t3-,4-,5-/m1/s1. The summed E-state index contributed by atoms with van der Waals surface area (Å²) in [4.78, 5) is 0. The van der Waals surface area contributed by atoms with E-state index in [0.29, 0.717) is 0 Å². The molecular weight excluding hydrogens is 184 g/mol. The molecular formula is C6H14O7. The molecule has 3 atom stereocenters. The largest absolute Gasteiger partial charge is 0.394 e. The predicted molar refractivity (Wildman–Crippen MR) is 39.4 cm³/mol. The Hall–Kier alpha value is -0.280. The first-order valence-electron chi connectivity index (χ1n) is 3.58. The monoisotopic (exact) mass is 198 g/mol. The third kappa shape index (κ3) is 2.85. The Balaban J connectivity index is 4.42. The fourth-order valence-electron chi connectivity index (χ4n) is 0.714. The van der Waals surface area contributed by atoms with Crippen molar-refractivity contribution in [2.24, 2.45) is 0 Å². The number of hydrogen-bond donors (Lipinski definition) is 7. The van der Waals surface area contributed by atoms with Crippen LogP contribution in [0.1, 0.15) is 0 Å². The fourth-order valence-corrected chi connectivity index (χ4v) is 0.714. The third-order valence-electron chi connectivity index (χ3n) is 1.65. The van der Waals surface area contributed by atoms with Crippen LogP contribution in [0.5, 0.6) is 0 Å². The lowest BCUT2D eigenvalue weighted by Gasteiger charge is -2.32.